The van der Waals surface area contributed by atoms with Crippen molar-refractivity contribution in [1.29, 1.82) is 0 Å². The van der Waals surface area contributed by atoms with Crippen LogP contribution in [-0.2, 0) is 14.0 Å². The van der Waals surface area contributed by atoms with E-state index in [2.05, 4.69) is 9.47 Å². The highest BCUT2D eigenvalue weighted by Crippen LogP contribution is 2.40. The van der Waals surface area contributed by atoms with E-state index in [1.54, 1.807) is 0 Å². The molecule has 96 valence electrons. The van der Waals surface area contributed by atoms with Gasteiger partial charge in [0.05, 0.1) is 13.1 Å². The number of nitrogens with zero attached hydrogens (tertiary/aromatic N) is 3. The van der Waals surface area contributed by atoms with Gasteiger partial charge in [-0.2, -0.15) is 0 Å². The Kier molecular flexibility index (Phi) is 2.96. The fraction of sp³-hybridized carbons (Fsp3) is 0.667. The molecule has 2 aliphatic heterocycles. The zero-order valence-corrected chi connectivity index (χ0v) is 9.58. The van der Waals surface area contributed by atoms with Gasteiger partial charge in [-0.05, 0) is 4.89 Å². The zero-order valence-electron chi connectivity index (χ0n) is 8.68. The number of carbonyl (C=O) groups excluding carboxylic acids is 2. The Bertz CT molecular complexity index is 370. The van der Waals surface area contributed by atoms with Gasteiger partial charge in [-0.1, -0.05) is 0 Å². The summed E-state index contributed by atoms with van der Waals surface area (Å²) in [4.78, 5) is 32.5. The van der Waals surface area contributed by atoms with E-state index in [0.717, 1.165) is 10.0 Å². The predicted octanol–water partition coefficient (Wildman–Crippen LogP) is -0.918. The van der Waals surface area contributed by atoms with Crippen molar-refractivity contribution < 1.29 is 28.5 Å². The largest absolute Gasteiger partial charge is 0.446 e. The number of hydrogen-bond acceptors (Lipinski definition) is 5. The van der Waals surface area contributed by atoms with Gasteiger partial charge in [0, 0.05) is 0 Å². The van der Waals surface area contributed by atoms with Crippen molar-refractivity contribution in [2.75, 3.05) is 26.3 Å². The van der Waals surface area contributed by atoms with Gasteiger partial charge in [0.25, 0.3) is 0 Å². The first-order chi connectivity index (χ1) is 7.91. The first-order valence-corrected chi connectivity index (χ1v) is 6.40. The summed E-state index contributed by atoms with van der Waals surface area (Å²) in [5.74, 6) is 0. The summed E-state index contributed by atoms with van der Waals surface area (Å²) >= 11 is 0. The average molecular weight is 266 g/mol. The lowest BCUT2D eigenvalue weighted by Gasteiger charge is -2.34. The summed E-state index contributed by atoms with van der Waals surface area (Å²) in [6.45, 7) is 0.172. The van der Waals surface area contributed by atoms with E-state index < -0.39 is 19.9 Å². The molecule has 0 aromatic carbocycles. The third-order valence-corrected chi connectivity index (χ3v) is 3.11. The molecule has 2 heterocycles. The summed E-state index contributed by atoms with van der Waals surface area (Å²) < 4.78 is 20.8. The molecular formula is C6H11N4O6P. The normalized spacial score (nSPS) is 23.9. The van der Waals surface area contributed by atoms with Crippen LogP contribution in [0, 0.1) is 0 Å². The molecule has 2 amide bonds. The second-order valence-corrected chi connectivity index (χ2v) is 4.87. The molecule has 1 atom stereocenters. The number of ether oxygens (including phenoxy) is 2. The Hall–Kier alpha value is -1.35. The molecule has 2 saturated heterocycles. The lowest BCUT2D eigenvalue weighted by Crippen LogP contribution is -2.53. The van der Waals surface area contributed by atoms with Crippen LogP contribution >= 0.6 is 7.67 Å². The van der Waals surface area contributed by atoms with Crippen LogP contribution in [0.5, 0.6) is 0 Å². The highest BCUT2D eigenvalue weighted by molar-refractivity contribution is 7.52. The number of cyclic esters (lactones) is 2. The van der Waals surface area contributed by atoms with Gasteiger partial charge < -0.3 is 14.4 Å². The molecule has 2 aliphatic rings. The molecule has 11 heteroatoms. The maximum Gasteiger partial charge on any atom is 0.426 e. The van der Waals surface area contributed by atoms with Crippen molar-refractivity contribution in [3.8, 4) is 0 Å². The summed E-state index contributed by atoms with van der Waals surface area (Å²) in [6.07, 6.45) is -1.69. The summed E-state index contributed by atoms with van der Waals surface area (Å²) in [5.41, 5.74) is 5.10. The minimum absolute atomic E-state index is 0.0321. The molecule has 0 saturated carbocycles. The number of amides is 2. The van der Waals surface area contributed by atoms with E-state index in [4.69, 9.17) is 5.50 Å². The fourth-order valence-corrected chi connectivity index (χ4v) is 2.48. The second kappa shape index (κ2) is 4.15. The van der Waals surface area contributed by atoms with Gasteiger partial charge in [-0.3, -0.25) is 4.57 Å². The first-order valence-electron chi connectivity index (χ1n) is 4.71. The van der Waals surface area contributed by atoms with Gasteiger partial charge in [0.15, 0.2) is 0 Å². The first kappa shape index (κ1) is 12.1. The quantitative estimate of drug-likeness (QED) is 0.628. The van der Waals surface area contributed by atoms with Crippen LogP contribution in [0.3, 0.4) is 0 Å². The molecule has 2 fully saturated rings. The number of hydrazine groups is 2. The molecule has 1 unspecified atom stereocenters. The SMILES string of the molecule is NP(=O)(O)N(N1CCOC1=O)N1CCOC1=O. The second-order valence-electron chi connectivity index (χ2n) is 3.33. The van der Waals surface area contributed by atoms with E-state index in [1.807, 2.05) is 0 Å². The van der Waals surface area contributed by atoms with Crippen LogP contribution in [0.4, 0.5) is 9.59 Å². The number of carbonyl (C=O) groups is 2. The van der Waals surface area contributed by atoms with Crippen LogP contribution in [0.15, 0.2) is 0 Å². The standard InChI is InChI=1S/C6H11N4O6P/c7-17(13,14)10(8-1-3-15-5(8)11)9-2-4-16-6(9)12/h1-4H2,(H3,7,13,14). The van der Waals surface area contributed by atoms with Crippen molar-refractivity contribution in [2.45, 2.75) is 0 Å². The molecule has 0 aromatic heterocycles. The van der Waals surface area contributed by atoms with Gasteiger partial charge in [0.1, 0.15) is 13.2 Å². The maximum atomic E-state index is 11.5. The Morgan fingerprint density at radius 1 is 1.18 bits per heavy atom. The molecular weight excluding hydrogens is 255 g/mol. The summed E-state index contributed by atoms with van der Waals surface area (Å²) in [6, 6.07) is 0. The molecule has 0 aliphatic carbocycles. The average Bonchev–Trinajstić information content (AvgIpc) is 2.77. The van der Waals surface area contributed by atoms with Crippen molar-refractivity contribution in [1.82, 2.24) is 14.9 Å². The third-order valence-electron chi connectivity index (χ3n) is 2.17. The lowest BCUT2D eigenvalue weighted by molar-refractivity contribution is -0.0460. The van der Waals surface area contributed by atoms with Crippen molar-refractivity contribution in [3.63, 3.8) is 0 Å². The highest BCUT2D eigenvalue weighted by atomic mass is 31.2. The van der Waals surface area contributed by atoms with E-state index in [9.17, 15) is 19.0 Å². The molecule has 17 heavy (non-hydrogen) atoms. The van der Waals surface area contributed by atoms with Crippen LogP contribution in [0.25, 0.3) is 0 Å². The Morgan fingerprint density at radius 3 is 1.82 bits per heavy atom. The third kappa shape index (κ3) is 2.20. The zero-order chi connectivity index (χ0) is 12.6. The monoisotopic (exact) mass is 266 g/mol. The lowest BCUT2D eigenvalue weighted by atomic mass is 10.7. The van der Waals surface area contributed by atoms with Crippen molar-refractivity contribution in [3.05, 3.63) is 0 Å². The molecule has 0 bridgehead atoms. The summed E-state index contributed by atoms with van der Waals surface area (Å²) in [5, 5.41) is 1.60. The summed E-state index contributed by atoms with van der Waals surface area (Å²) in [7, 11) is -4.37. The molecule has 0 aromatic rings. The number of rotatable bonds is 3. The van der Waals surface area contributed by atoms with Crippen LogP contribution in [-0.4, -0.2) is 58.3 Å². The van der Waals surface area contributed by atoms with E-state index in [0.29, 0.717) is 4.89 Å². The topological polar surface area (TPSA) is 126 Å². The van der Waals surface area contributed by atoms with Gasteiger partial charge >= 0.3 is 19.9 Å². The Morgan fingerprint density at radius 2 is 1.59 bits per heavy atom. The molecule has 0 spiro atoms. The van der Waals surface area contributed by atoms with Crippen molar-refractivity contribution >= 4 is 19.9 Å². The predicted molar refractivity (Wildman–Crippen MR) is 52.0 cm³/mol. The minimum atomic E-state index is -4.37. The van der Waals surface area contributed by atoms with Gasteiger partial charge in [-0.25, -0.2) is 25.1 Å². The van der Waals surface area contributed by atoms with E-state index >= 15 is 0 Å². The maximum absolute atomic E-state index is 11.5. The minimum Gasteiger partial charge on any atom is -0.446 e. The molecule has 2 rings (SSSR count). The number of nitrogens with two attached hydrogens (primary N) is 1. The van der Waals surface area contributed by atoms with Crippen molar-refractivity contribution in [2.24, 2.45) is 5.50 Å². The van der Waals surface area contributed by atoms with Crippen LogP contribution in [0.2, 0.25) is 0 Å². The van der Waals surface area contributed by atoms with E-state index in [1.165, 1.54) is 0 Å². The molecule has 0 radical (unpaired) electrons. The van der Waals surface area contributed by atoms with Crippen LogP contribution < -0.4 is 5.50 Å². The molecule has 3 N–H and O–H groups in total. The molecule has 10 nitrogen and oxygen atoms in total. The van der Waals surface area contributed by atoms with E-state index in [-0.39, 0.29) is 26.3 Å². The fourth-order valence-electron chi connectivity index (χ4n) is 1.54. The van der Waals surface area contributed by atoms with Gasteiger partial charge in [0.2, 0.25) is 0 Å². The smallest absolute Gasteiger partial charge is 0.426 e. The Labute approximate surface area is 95.9 Å². The van der Waals surface area contributed by atoms with Crippen LogP contribution in [0.1, 0.15) is 0 Å². The van der Waals surface area contributed by atoms with Gasteiger partial charge in [-0.15, -0.1) is 0 Å². The number of hydrogen-bond donors (Lipinski definition) is 2. The Balaban J connectivity index is 2.28. The highest BCUT2D eigenvalue weighted by Gasteiger charge is 2.45.